The molecule has 5 rings (SSSR count). The molecule has 170 valence electrons. The molecule has 4 nitrogen and oxygen atoms in total. The number of para-hydroxylation sites is 2. The van der Waals surface area contributed by atoms with Gasteiger partial charge in [-0.3, -0.25) is 0 Å². The number of hydrogen-bond donors (Lipinski definition) is 1. The van der Waals surface area contributed by atoms with Crippen LogP contribution in [0.3, 0.4) is 0 Å². The molecule has 0 amide bonds. The minimum Gasteiger partial charge on any atom is -0.457 e. The molecule has 1 aromatic heterocycles. The number of halogens is 3. The molecule has 0 spiro atoms. The van der Waals surface area contributed by atoms with E-state index in [0.29, 0.717) is 22.4 Å². The molecule has 7 heteroatoms. The van der Waals surface area contributed by atoms with Crippen molar-refractivity contribution in [2.45, 2.75) is 11.8 Å². The van der Waals surface area contributed by atoms with Crippen molar-refractivity contribution in [1.82, 2.24) is 9.78 Å². The lowest BCUT2D eigenvalue weighted by Gasteiger charge is -2.31. The van der Waals surface area contributed by atoms with Crippen LogP contribution in [0.1, 0.15) is 11.1 Å². The second-order valence-electron chi connectivity index (χ2n) is 7.81. The van der Waals surface area contributed by atoms with E-state index in [-0.39, 0.29) is 11.1 Å². The zero-order chi connectivity index (χ0) is 23.8. The summed E-state index contributed by atoms with van der Waals surface area (Å²) in [6.45, 7) is 0. The summed E-state index contributed by atoms with van der Waals surface area (Å²) in [5, 5.41) is 15.9. The Morgan fingerprint density at radius 1 is 0.706 bits per heavy atom. The van der Waals surface area contributed by atoms with Crippen molar-refractivity contribution in [1.29, 1.82) is 0 Å². The van der Waals surface area contributed by atoms with Crippen molar-refractivity contribution < 1.29 is 23.0 Å². The van der Waals surface area contributed by atoms with E-state index in [9.17, 15) is 18.3 Å². The van der Waals surface area contributed by atoms with Crippen molar-refractivity contribution in [3.8, 4) is 17.2 Å². The minimum absolute atomic E-state index is 0.295. The van der Waals surface area contributed by atoms with E-state index in [1.807, 2.05) is 36.4 Å². The molecule has 34 heavy (non-hydrogen) atoms. The molecule has 1 N–H and O–H groups in total. The Labute approximate surface area is 193 Å². The molecule has 0 radical (unpaired) electrons. The molecule has 1 unspecified atom stereocenters. The summed E-state index contributed by atoms with van der Waals surface area (Å²) < 4.78 is 50.2. The molecule has 0 aliphatic rings. The lowest BCUT2D eigenvalue weighted by Crippen LogP contribution is -2.43. The second kappa shape index (κ2) is 8.35. The smallest absolute Gasteiger partial charge is 0.425 e. The van der Waals surface area contributed by atoms with Crippen molar-refractivity contribution in [2.24, 2.45) is 0 Å². The van der Waals surface area contributed by atoms with Crippen LogP contribution in [0.2, 0.25) is 0 Å². The Kier molecular flexibility index (Phi) is 5.34. The lowest BCUT2D eigenvalue weighted by atomic mass is 9.85. The average molecular weight is 460 g/mol. The van der Waals surface area contributed by atoms with E-state index in [4.69, 9.17) is 4.74 Å². The van der Waals surface area contributed by atoms with Gasteiger partial charge in [0.1, 0.15) is 11.5 Å². The van der Waals surface area contributed by atoms with Crippen LogP contribution in [0.5, 0.6) is 11.5 Å². The van der Waals surface area contributed by atoms with Gasteiger partial charge in [0.15, 0.2) is 0 Å². The number of hydrogen-bond acceptors (Lipinski definition) is 3. The first-order valence-electron chi connectivity index (χ1n) is 10.5. The highest BCUT2D eigenvalue weighted by atomic mass is 19.4. The van der Waals surface area contributed by atoms with Gasteiger partial charge >= 0.3 is 6.18 Å². The van der Waals surface area contributed by atoms with Crippen LogP contribution in [-0.4, -0.2) is 21.1 Å². The predicted molar refractivity (Wildman–Crippen MR) is 123 cm³/mol. The quantitative estimate of drug-likeness (QED) is 0.321. The van der Waals surface area contributed by atoms with Gasteiger partial charge in [-0.2, -0.15) is 18.3 Å². The Balaban J connectivity index is 1.53. The molecule has 0 saturated carbocycles. The van der Waals surface area contributed by atoms with Gasteiger partial charge in [0.25, 0.3) is 0 Å². The fourth-order valence-corrected chi connectivity index (χ4v) is 3.92. The largest absolute Gasteiger partial charge is 0.457 e. The monoisotopic (exact) mass is 460 g/mol. The zero-order valence-corrected chi connectivity index (χ0v) is 17.8. The Hall–Kier alpha value is -4.10. The van der Waals surface area contributed by atoms with Crippen molar-refractivity contribution in [3.63, 3.8) is 0 Å². The normalized spacial score (nSPS) is 13.5. The van der Waals surface area contributed by atoms with E-state index in [1.165, 1.54) is 48.7 Å². The third kappa shape index (κ3) is 3.80. The number of ether oxygens (including phenoxy) is 1. The standard InChI is InChI=1S/C27H19F3N2O2/c28-27(29,30)26(33,20-11-14-24(15-12-20)34-23-9-5-2-6-10-23)21-13-16-25-19(17-21)18-31-32(25)22-7-3-1-4-8-22/h1-18,33H. The molecular weight excluding hydrogens is 441 g/mol. The maximum absolute atomic E-state index is 14.3. The highest BCUT2D eigenvalue weighted by Gasteiger charge is 2.56. The van der Waals surface area contributed by atoms with Crippen LogP contribution >= 0.6 is 0 Å². The first-order chi connectivity index (χ1) is 16.4. The summed E-state index contributed by atoms with van der Waals surface area (Å²) in [6.07, 6.45) is -3.47. The lowest BCUT2D eigenvalue weighted by molar-refractivity contribution is -0.248. The molecule has 4 aromatic carbocycles. The second-order valence-corrected chi connectivity index (χ2v) is 7.81. The topological polar surface area (TPSA) is 47.3 Å². The zero-order valence-electron chi connectivity index (χ0n) is 17.8. The van der Waals surface area contributed by atoms with Gasteiger partial charge in [-0.25, -0.2) is 4.68 Å². The summed E-state index contributed by atoms with van der Waals surface area (Å²) >= 11 is 0. The summed E-state index contributed by atoms with van der Waals surface area (Å²) in [7, 11) is 0. The highest BCUT2D eigenvalue weighted by molar-refractivity contribution is 5.81. The summed E-state index contributed by atoms with van der Waals surface area (Å²) in [5.41, 5.74) is -2.40. The van der Waals surface area contributed by atoms with Crippen LogP contribution in [0.4, 0.5) is 13.2 Å². The van der Waals surface area contributed by atoms with Gasteiger partial charge in [0, 0.05) is 5.39 Å². The van der Waals surface area contributed by atoms with E-state index < -0.39 is 11.8 Å². The van der Waals surface area contributed by atoms with Crippen LogP contribution < -0.4 is 4.74 Å². The molecule has 0 saturated heterocycles. The fourth-order valence-electron chi connectivity index (χ4n) is 3.92. The van der Waals surface area contributed by atoms with Gasteiger partial charge in [0.2, 0.25) is 5.60 Å². The van der Waals surface area contributed by atoms with Crippen molar-refractivity contribution >= 4 is 10.9 Å². The van der Waals surface area contributed by atoms with Crippen LogP contribution in [-0.2, 0) is 5.60 Å². The highest BCUT2D eigenvalue weighted by Crippen LogP contribution is 2.45. The minimum atomic E-state index is -4.96. The SMILES string of the molecule is OC(c1ccc(Oc2ccccc2)cc1)(c1ccc2c(cnn2-c2ccccc2)c1)C(F)(F)F. The van der Waals surface area contributed by atoms with Gasteiger partial charge in [-0.1, -0.05) is 54.6 Å². The van der Waals surface area contributed by atoms with E-state index in [0.717, 1.165) is 5.69 Å². The molecule has 5 aromatic rings. The summed E-state index contributed by atoms with van der Waals surface area (Å²) in [5.74, 6) is 0.918. The Morgan fingerprint density at radius 2 is 1.29 bits per heavy atom. The van der Waals surface area contributed by atoms with Crippen LogP contribution in [0, 0.1) is 0 Å². The average Bonchev–Trinajstić information content (AvgIpc) is 3.28. The molecular formula is C27H19F3N2O2. The van der Waals surface area contributed by atoms with Gasteiger partial charge in [0.05, 0.1) is 17.4 Å². The number of alkyl halides is 3. The summed E-state index contributed by atoms with van der Waals surface area (Å²) in [4.78, 5) is 0. The number of aliphatic hydroxyl groups is 1. The third-order valence-corrected chi connectivity index (χ3v) is 5.65. The number of benzene rings is 4. The van der Waals surface area contributed by atoms with Crippen molar-refractivity contribution in [2.75, 3.05) is 0 Å². The number of rotatable bonds is 5. The number of fused-ring (bicyclic) bond motifs is 1. The van der Waals surface area contributed by atoms with E-state index >= 15 is 0 Å². The number of nitrogens with zero attached hydrogens (tertiary/aromatic N) is 2. The first kappa shape index (κ1) is 21.7. The fraction of sp³-hybridized carbons (Fsp3) is 0.0741. The Bertz CT molecular complexity index is 1420. The van der Waals surface area contributed by atoms with Crippen molar-refractivity contribution in [3.05, 3.63) is 120 Å². The maximum atomic E-state index is 14.3. The van der Waals surface area contributed by atoms with Gasteiger partial charge in [-0.15, -0.1) is 0 Å². The molecule has 0 fully saturated rings. The van der Waals surface area contributed by atoms with E-state index in [2.05, 4.69) is 5.10 Å². The number of aromatic nitrogens is 2. The van der Waals surface area contributed by atoms with Gasteiger partial charge < -0.3 is 9.84 Å². The molecule has 1 atom stereocenters. The molecule has 1 heterocycles. The Morgan fingerprint density at radius 3 is 1.94 bits per heavy atom. The molecule has 0 aliphatic heterocycles. The molecule has 0 aliphatic carbocycles. The maximum Gasteiger partial charge on any atom is 0.425 e. The molecule has 0 bridgehead atoms. The van der Waals surface area contributed by atoms with Crippen LogP contribution in [0.25, 0.3) is 16.6 Å². The summed E-state index contributed by atoms with van der Waals surface area (Å²) in [6, 6.07) is 27.6. The van der Waals surface area contributed by atoms with E-state index in [1.54, 1.807) is 28.9 Å². The predicted octanol–water partition coefficient (Wildman–Crippen LogP) is 6.62. The van der Waals surface area contributed by atoms with Crippen LogP contribution in [0.15, 0.2) is 109 Å². The van der Waals surface area contributed by atoms with Gasteiger partial charge in [-0.05, 0) is 59.7 Å². The first-order valence-corrected chi connectivity index (χ1v) is 10.5. The third-order valence-electron chi connectivity index (χ3n) is 5.65.